The Balaban J connectivity index is 1.74. The zero-order valence-corrected chi connectivity index (χ0v) is 13.7. The molecule has 1 amide bonds. The molecule has 0 aliphatic heterocycles. The number of carbonyl (C=O) groups excluding carboxylic acids is 1. The van der Waals surface area contributed by atoms with Crippen LogP contribution in [-0.4, -0.2) is 16.1 Å². The van der Waals surface area contributed by atoms with Gasteiger partial charge in [-0.2, -0.15) is 5.10 Å². The summed E-state index contributed by atoms with van der Waals surface area (Å²) in [4.78, 5) is 24.8. The molecular formula is C20H15N3O3. The highest BCUT2D eigenvalue weighted by atomic mass is 16.3. The van der Waals surface area contributed by atoms with E-state index >= 15 is 0 Å². The van der Waals surface area contributed by atoms with E-state index in [0.29, 0.717) is 16.5 Å². The minimum atomic E-state index is -0.466. The van der Waals surface area contributed by atoms with Crippen molar-refractivity contribution in [1.82, 2.24) is 15.5 Å². The van der Waals surface area contributed by atoms with Crippen molar-refractivity contribution in [3.05, 3.63) is 100 Å². The maximum Gasteiger partial charge on any atom is 0.273 e. The van der Waals surface area contributed by atoms with Gasteiger partial charge in [0.05, 0.1) is 11.6 Å². The van der Waals surface area contributed by atoms with Crippen molar-refractivity contribution in [3.63, 3.8) is 0 Å². The summed E-state index contributed by atoms with van der Waals surface area (Å²) in [6.07, 6.45) is 1.56. The van der Waals surface area contributed by atoms with Crippen molar-refractivity contribution in [1.29, 1.82) is 0 Å². The van der Waals surface area contributed by atoms with E-state index in [1.54, 1.807) is 42.7 Å². The van der Waals surface area contributed by atoms with E-state index in [1.807, 2.05) is 30.3 Å². The lowest BCUT2D eigenvalue weighted by molar-refractivity contribution is 0.0934. The van der Waals surface area contributed by atoms with Crippen LogP contribution in [0.15, 0.2) is 82.2 Å². The molecule has 6 heteroatoms. The van der Waals surface area contributed by atoms with Crippen molar-refractivity contribution in [3.8, 4) is 0 Å². The maximum atomic E-state index is 12.9. The number of hydrogen-bond donors (Lipinski definition) is 2. The Morgan fingerprint density at radius 3 is 2.42 bits per heavy atom. The summed E-state index contributed by atoms with van der Waals surface area (Å²) in [7, 11) is 0. The van der Waals surface area contributed by atoms with Crippen LogP contribution in [0, 0.1) is 0 Å². The number of aromatic nitrogens is 2. The molecule has 0 saturated heterocycles. The van der Waals surface area contributed by atoms with Gasteiger partial charge in [0.1, 0.15) is 11.8 Å². The summed E-state index contributed by atoms with van der Waals surface area (Å²) < 4.78 is 5.50. The fraction of sp³-hybridized carbons (Fsp3) is 0.0500. The topological polar surface area (TPSA) is 88.0 Å². The summed E-state index contributed by atoms with van der Waals surface area (Å²) in [5.41, 5.74) is 0.708. The second-order valence-electron chi connectivity index (χ2n) is 5.78. The molecule has 2 heterocycles. The van der Waals surface area contributed by atoms with Crippen LogP contribution < -0.4 is 10.9 Å². The molecule has 4 aromatic rings. The highest BCUT2D eigenvalue weighted by Gasteiger charge is 2.22. The first-order valence-electron chi connectivity index (χ1n) is 8.10. The minimum Gasteiger partial charge on any atom is -0.467 e. The number of fused-ring (bicyclic) bond motifs is 1. The Labute approximate surface area is 148 Å². The lowest BCUT2D eigenvalue weighted by atomic mass is 10.0. The van der Waals surface area contributed by atoms with Gasteiger partial charge >= 0.3 is 0 Å². The zero-order valence-electron chi connectivity index (χ0n) is 13.7. The summed E-state index contributed by atoms with van der Waals surface area (Å²) >= 11 is 0. The van der Waals surface area contributed by atoms with Crippen LogP contribution >= 0.6 is 0 Å². The Bertz CT molecular complexity index is 1100. The van der Waals surface area contributed by atoms with Gasteiger partial charge in [0.25, 0.3) is 11.5 Å². The van der Waals surface area contributed by atoms with Gasteiger partial charge in [-0.05, 0) is 23.8 Å². The lowest BCUT2D eigenvalue weighted by Gasteiger charge is -2.17. The van der Waals surface area contributed by atoms with Gasteiger partial charge in [0, 0.05) is 5.39 Å². The third-order valence-corrected chi connectivity index (χ3v) is 4.15. The molecule has 2 aromatic carbocycles. The Hall–Kier alpha value is -3.67. The standard InChI is InChI=1S/C20H15N3O3/c24-19-15-10-5-4-9-14(15)18(22-23-19)20(25)21-17(16-11-6-12-26-16)13-7-2-1-3-8-13/h1-12,17H,(H,21,25)(H,23,24). The molecule has 1 unspecified atom stereocenters. The van der Waals surface area contributed by atoms with E-state index < -0.39 is 11.9 Å². The van der Waals surface area contributed by atoms with Crippen molar-refractivity contribution >= 4 is 16.7 Å². The first kappa shape index (κ1) is 15.8. The number of aromatic amines is 1. The summed E-state index contributed by atoms with van der Waals surface area (Å²) in [6, 6.07) is 19.5. The molecule has 0 saturated carbocycles. The van der Waals surface area contributed by atoms with Crippen molar-refractivity contribution in [2.24, 2.45) is 0 Å². The molecule has 26 heavy (non-hydrogen) atoms. The van der Waals surface area contributed by atoms with E-state index in [-0.39, 0.29) is 11.3 Å². The van der Waals surface area contributed by atoms with E-state index in [0.717, 1.165) is 5.56 Å². The largest absolute Gasteiger partial charge is 0.467 e. The quantitative estimate of drug-likeness (QED) is 0.595. The normalized spacial score (nSPS) is 12.0. The molecule has 1 atom stereocenters. The molecule has 4 rings (SSSR count). The number of hydrogen-bond acceptors (Lipinski definition) is 4. The van der Waals surface area contributed by atoms with Crippen molar-refractivity contribution in [2.75, 3.05) is 0 Å². The molecule has 2 aromatic heterocycles. The van der Waals surface area contributed by atoms with Crippen LogP contribution in [0.3, 0.4) is 0 Å². The molecule has 0 aliphatic carbocycles. The van der Waals surface area contributed by atoms with Gasteiger partial charge < -0.3 is 9.73 Å². The van der Waals surface area contributed by atoms with Crippen LogP contribution in [0.5, 0.6) is 0 Å². The lowest BCUT2D eigenvalue weighted by Crippen LogP contribution is -2.31. The predicted molar refractivity (Wildman–Crippen MR) is 96.8 cm³/mol. The minimum absolute atomic E-state index is 0.160. The second-order valence-corrected chi connectivity index (χ2v) is 5.78. The molecule has 6 nitrogen and oxygen atoms in total. The Kier molecular flexibility index (Phi) is 4.07. The molecule has 0 aliphatic rings. The Morgan fingerprint density at radius 2 is 1.69 bits per heavy atom. The number of nitrogens with zero attached hydrogens (tertiary/aromatic N) is 1. The van der Waals surface area contributed by atoms with Crippen molar-refractivity contribution in [2.45, 2.75) is 6.04 Å². The van der Waals surface area contributed by atoms with Gasteiger partial charge in [-0.3, -0.25) is 9.59 Å². The van der Waals surface area contributed by atoms with Gasteiger partial charge in [-0.25, -0.2) is 5.10 Å². The molecule has 128 valence electrons. The average Bonchev–Trinajstić information content (AvgIpc) is 3.21. The summed E-state index contributed by atoms with van der Waals surface area (Å²) in [5, 5.41) is 10.2. The van der Waals surface area contributed by atoms with Gasteiger partial charge in [-0.1, -0.05) is 48.5 Å². The highest BCUT2D eigenvalue weighted by molar-refractivity contribution is 6.04. The zero-order chi connectivity index (χ0) is 17.9. The number of carbonyl (C=O) groups is 1. The van der Waals surface area contributed by atoms with E-state index in [4.69, 9.17) is 4.42 Å². The van der Waals surface area contributed by atoms with Crippen LogP contribution in [-0.2, 0) is 0 Å². The molecule has 0 radical (unpaired) electrons. The monoisotopic (exact) mass is 345 g/mol. The number of furan rings is 1. The molecule has 0 fully saturated rings. The van der Waals surface area contributed by atoms with Crippen LogP contribution in [0.4, 0.5) is 0 Å². The van der Waals surface area contributed by atoms with E-state index in [9.17, 15) is 9.59 Å². The van der Waals surface area contributed by atoms with Crippen LogP contribution in [0.1, 0.15) is 27.9 Å². The molecule has 0 bridgehead atoms. The van der Waals surface area contributed by atoms with Gasteiger partial charge in [0.2, 0.25) is 0 Å². The number of benzene rings is 2. The van der Waals surface area contributed by atoms with Gasteiger partial charge in [0.15, 0.2) is 5.69 Å². The molecule has 0 spiro atoms. The Morgan fingerprint density at radius 1 is 0.962 bits per heavy atom. The van der Waals surface area contributed by atoms with Crippen molar-refractivity contribution < 1.29 is 9.21 Å². The van der Waals surface area contributed by atoms with E-state index in [1.165, 1.54) is 0 Å². The first-order valence-corrected chi connectivity index (χ1v) is 8.10. The predicted octanol–water partition coefficient (Wildman–Crippen LogP) is 3.04. The van der Waals surface area contributed by atoms with Gasteiger partial charge in [-0.15, -0.1) is 0 Å². The highest BCUT2D eigenvalue weighted by Crippen LogP contribution is 2.23. The van der Waals surface area contributed by atoms with E-state index in [2.05, 4.69) is 15.5 Å². The van der Waals surface area contributed by atoms with Crippen LogP contribution in [0.2, 0.25) is 0 Å². The number of rotatable bonds is 4. The number of amides is 1. The fourth-order valence-electron chi connectivity index (χ4n) is 2.91. The second kappa shape index (κ2) is 6.68. The van der Waals surface area contributed by atoms with Crippen LogP contribution in [0.25, 0.3) is 10.8 Å². The molecular weight excluding hydrogens is 330 g/mol. The smallest absolute Gasteiger partial charge is 0.273 e. The number of H-pyrrole nitrogens is 1. The third kappa shape index (κ3) is 2.88. The maximum absolute atomic E-state index is 12.9. The molecule has 2 N–H and O–H groups in total. The summed E-state index contributed by atoms with van der Waals surface area (Å²) in [6.45, 7) is 0. The third-order valence-electron chi connectivity index (χ3n) is 4.15. The number of nitrogens with one attached hydrogen (secondary N) is 2. The fourth-order valence-corrected chi connectivity index (χ4v) is 2.91. The summed E-state index contributed by atoms with van der Waals surface area (Å²) in [5.74, 6) is 0.209. The first-order chi connectivity index (χ1) is 12.7. The SMILES string of the molecule is O=C(NC(c1ccccc1)c1ccco1)c1n[nH]c(=O)c2ccccc12. The average molecular weight is 345 g/mol.